The summed E-state index contributed by atoms with van der Waals surface area (Å²) in [6.45, 7) is 0.449. The van der Waals surface area contributed by atoms with E-state index in [1.165, 1.54) is 0 Å². The molecule has 0 spiro atoms. The van der Waals surface area contributed by atoms with E-state index in [1.807, 2.05) is 89.9 Å². The van der Waals surface area contributed by atoms with Crippen molar-refractivity contribution in [1.29, 1.82) is 0 Å². The molecule has 0 aromatic heterocycles. The summed E-state index contributed by atoms with van der Waals surface area (Å²) in [6.07, 6.45) is 0.258. The standard InChI is InChI=1S/C32H30N2O5/c1-35-24-15-12-22(13-16-24)26-19-27-25-10-7-11-29(36-2)31(25)39-32(34(27)33-26)23-14-17-28(30(18-23)37-3)38-20-21-8-5-4-6-9-21/h4-18,27,32H,19-20H2,1-3H3/t27-,32+/m0/s1. The molecule has 4 aromatic rings. The Kier molecular flexibility index (Phi) is 6.71. The number of ether oxygens (including phenoxy) is 5. The van der Waals surface area contributed by atoms with Crippen molar-refractivity contribution >= 4 is 5.71 Å². The van der Waals surface area contributed by atoms with Crippen LogP contribution in [0.2, 0.25) is 0 Å². The maximum atomic E-state index is 6.62. The first kappa shape index (κ1) is 24.7. The first-order chi connectivity index (χ1) is 19.2. The Hall–Kier alpha value is -4.65. The van der Waals surface area contributed by atoms with Crippen LogP contribution in [0, 0.1) is 0 Å². The van der Waals surface area contributed by atoms with Gasteiger partial charge in [0.2, 0.25) is 6.23 Å². The van der Waals surface area contributed by atoms with Crippen LogP contribution < -0.4 is 23.7 Å². The van der Waals surface area contributed by atoms with Gasteiger partial charge in [-0.15, -0.1) is 0 Å². The summed E-state index contributed by atoms with van der Waals surface area (Å²) in [5.41, 5.74) is 5.08. The van der Waals surface area contributed by atoms with Crippen LogP contribution >= 0.6 is 0 Å². The fourth-order valence-corrected chi connectivity index (χ4v) is 5.11. The zero-order valence-corrected chi connectivity index (χ0v) is 22.2. The van der Waals surface area contributed by atoms with E-state index in [2.05, 4.69) is 6.07 Å². The van der Waals surface area contributed by atoms with Crippen LogP contribution in [0.1, 0.15) is 40.9 Å². The van der Waals surface area contributed by atoms with Crippen molar-refractivity contribution in [3.8, 4) is 28.7 Å². The van der Waals surface area contributed by atoms with E-state index in [1.54, 1.807) is 21.3 Å². The number of nitrogens with zero attached hydrogens (tertiary/aromatic N) is 2. The number of hydrogen-bond acceptors (Lipinski definition) is 7. The first-order valence-corrected chi connectivity index (χ1v) is 12.9. The van der Waals surface area contributed by atoms with E-state index >= 15 is 0 Å². The van der Waals surface area contributed by atoms with E-state index in [0.717, 1.165) is 45.9 Å². The minimum atomic E-state index is -0.480. The van der Waals surface area contributed by atoms with Crippen molar-refractivity contribution < 1.29 is 23.7 Å². The Morgan fingerprint density at radius 1 is 0.795 bits per heavy atom. The summed E-state index contributed by atoms with van der Waals surface area (Å²) in [7, 11) is 4.98. The van der Waals surface area contributed by atoms with Gasteiger partial charge in [-0.3, -0.25) is 0 Å². The summed E-state index contributed by atoms with van der Waals surface area (Å²) in [5, 5.41) is 7.12. The van der Waals surface area contributed by atoms with E-state index in [4.69, 9.17) is 28.8 Å². The van der Waals surface area contributed by atoms with Crippen molar-refractivity contribution in [2.45, 2.75) is 25.3 Å². The minimum Gasteiger partial charge on any atom is -0.497 e. The van der Waals surface area contributed by atoms with Crippen molar-refractivity contribution in [3.05, 3.63) is 113 Å². The van der Waals surface area contributed by atoms with E-state index in [9.17, 15) is 0 Å². The van der Waals surface area contributed by atoms with Crippen LogP contribution in [0.25, 0.3) is 0 Å². The Bertz CT molecular complexity index is 1490. The highest BCUT2D eigenvalue weighted by molar-refractivity contribution is 6.02. The van der Waals surface area contributed by atoms with E-state index < -0.39 is 6.23 Å². The minimum absolute atomic E-state index is 0.00838. The van der Waals surface area contributed by atoms with Gasteiger partial charge < -0.3 is 23.7 Å². The molecule has 0 bridgehead atoms. The Morgan fingerprint density at radius 3 is 2.33 bits per heavy atom. The molecule has 2 heterocycles. The van der Waals surface area contributed by atoms with Gasteiger partial charge in [0.15, 0.2) is 23.0 Å². The third-order valence-corrected chi connectivity index (χ3v) is 7.13. The molecule has 0 saturated carbocycles. The quantitative estimate of drug-likeness (QED) is 0.262. The summed E-state index contributed by atoms with van der Waals surface area (Å²) in [5.74, 6) is 3.55. The fourth-order valence-electron chi connectivity index (χ4n) is 5.11. The molecule has 0 radical (unpaired) electrons. The second kappa shape index (κ2) is 10.6. The molecule has 0 aliphatic carbocycles. The van der Waals surface area contributed by atoms with Crippen molar-refractivity contribution in [2.75, 3.05) is 21.3 Å². The molecule has 0 fully saturated rings. The van der Waals surface area contributed by atoms with Crippen LogP contribution in [0.4, 0.5) is 0 Å². The topological polar surface area (TPSA) is 61.8 Å². The molecule has 0 unspecified atom stereocenters. The normalized spacial score (nSPS) is 17.4. The summed E-state index contributed by atoms with van der Waals surface area (Å²) >= 11 is 0. The Labute approximate surface area is 228 Å². The van der Waals surface area contributed by atoms with Crippen molar-refractivity contribution in [2.24, 2.45) is 5.10 Å². The number of hydrogen-bond donors (Lipinski definition) is 0. The molecular weight excluding hydrogens is 492 g/mol. The van der Waals surface area contributed by atoms with E-state index in [0.29, 0.717) is 23.9 Å². The lowest BCUT2D eigenvalue weighted by molar-refractivity contribution is -0.0210. The number of methoxy groups -OCH3 is 3. The highest BCUT2D eigenvalue weighted by atomic mass is 16.5. The zero-order chi connectivity index (χ0) is 26.8. The average Bonchev–Trinajstić information content (AvgIpc) is 3.46. The van der Waals surface area contributed by atoms with Gasteiger partial charge in [-0.25, -0.2) is 5.01 Å². The molecule has 39 heavy (non-hydrogen) atoms. The molecular formula is C32H30N2O5. The smallest absolute Gasteiger partial charge is 0.214 e. The molecule has 2 aliphatic heterocycles. The van der Waals surface area contributed by atoms with Gasteiger partial charge in [0.1, 0.15) is 12.4 Å². The maximum absolute atomic E-state index is 6.62. The number of fused-ring (bicyclic) bond motifs is 3. The predicted molar refractivity (Wildman–Crippen MR) is 149 cm³/mol. The number of benzene rings is 4. The summed E-state index contributed by atoms with van der Waals surface area (Å²) < 4.78 is 29.5. The average molecular weight is 523 g/mol. The van der Waals surface area contributed by atoms with Crippen molar-refractivity contribution in [3.63, 3.8) is 0 Å². The van der Waals surface area contributed by atoms with Gasteiger partial charge in [0, 0.05) is 17.5 Å². The summed E-state index contributed by atoms with van der Waals surface area (Å²) in [4.78, 5) is 0. The third kappa shape index (κ3) is 4.72. The highest BCUT2D eigenvalue weighted by Crippen LogP contribution is 2.51. The highest BCUT2D eigenvalue weighted by Gasteiger charge is 2.42. The van der Waals surface area contributed by atoms with Crippen LogP contribution in [-0.4, -0.2) is 32.0 Å². The zero-order valence-electron chi connectivity index (χ0n) is 22.2. The molecule has 7 heteroatoms. The predicted octanol–water partition coefficient (Wildman–Crippen LogP) is 6.53. The van der Waals surface area contributed by atoms with Gasteiger partial charge in [0.25, 0.3) is 0 Å². The lowest BCUT2D eigenvalue weighted by Gasteiger charge is -2.38. The third-order valence-electron chi connectivity index (χ3n) is 7.13. The number of hydrazone groups is 1. The molecule has 0 saturated heterocycles. The SMILES string of the molecule is COc1ccc(C2=NN3[C@@H](c4ccc(OCc5ccccc5)c(OC)c4)Oc4c(OC)cccc4[C@@H]3C2)cc1. The van der Waals surface area contributed by atoms with Gasteiger partial charge in [-0.2, -0.15) is 5.10 Å². The molecule has 2 aliphatic rings. The molecule has 198 valence electrons. The molecule has 6 rings (SSSR count). The summed E-state index contributed by atoms with van der Waals surface area (Å²) in [6, 6.07) is 29.9. The number of rotatable bonds is 8. The van der Waals surface area contributed by atoms with Gasteiger partial charge in [-0.05, 0) is 59.7 Å². The lowest BCUT2D eigenvalue weighted by Crippen LogP contribution is -2.33. The van der Waals surface area contributed by atoms with Gasteiger partial charge in [0.05, 0.1) is 33.1 Å². The Morgan fingerprint density at radius 2 is 1.59 bits per heavy atom. The van der Waals surface area contributed by atoms with Gasteiger partial charge >= 0.3 is 0 Å². The number of para-hydroxylation sites is 1. The van der Waals surface area contributed by atoms with Crippen LogP contribution in [-0.2, 0) is 6.61 Å². The largest absolute Gasteiger partial charge is 0.497 e. The van der Waals surface area contributed by atoms with Gasteiger partial charge in [-0.1, -0.05) is 42.5 Å². The molecule has 2 atom stereocenters. The first-order valence-electron chi connectivity index (χ1n) is 12.9. The fraction of sp³-hybridized carbons (Fsp3) is 0.219. The lowest BCUT2D eigenvalue weighted by atomic mass is 9.95. The van der Waals surface area contributed by atoms with Crippen LogP contribution in [0.3, 0.4) is 0 Å². The van der Waals surface area contributed by atoms with Crippen molar-refractivity contribution in [1.82, 2.24) is 5.01 Å². The molecule has 0 N–H and O–H groups in total. The molecule has 7 nitrogen and oxygen atoms in total. The second-order valence-electron chi connectivity index (χ2n) is 9.41. The monoisotopic (exact) mass is 522 g/mol. The molecule has 4 aromatic carbocycles. The van der Waals surface area contributed by atoms with Crippen LogP contribution in [0.15, 0.2) is 96.1 Å². The Balaban J connectivity index is 1.35. The second-order valence-corrected chi connectivity index (χ2v) is 9.41. The molecule has 0 amide bonds. The maximum Gasteiger partial charge on any atom is 0.214 e. The van der Waals surface area contributed by atoms with E-state index in [-0.39, 0.29) is 6.04 Å². The van der Waals surface area contributed by atoms with Crippen LogP contribution in [0.5, 0.6) is 28.7 Å².